The molecule has 0 spiro atoms. The van der Waals surface area contributed by atoms with Gasteiger partial charge < -0.3 is 14.8 Å². The second-order valence-electron chi connectivity index (χ2n) is 4.36. The van der Waals surface area contributed by atoms with Crippen molar-refractivity contribution in [3.05, 3.63) is 44.0 Å². The minimum Gasteiger partial charge on any atom is -0.497 e. The van der Waals surface area contributed by atoms with Gasteiger partial charge in [0.1, 0.15) is 21.4 Å². The fourth-order valence-corrected chi connectivity index (χ4v) is 2.85. The van der Waals surface area contributed by atoms with E-state index in [0.717, 1.165) is 22.8 Å². The molecule has 2 rings (SSSR count). The third kappa shape index (κ3) is 3.61. The van der Waals surface area contributed by atoms with E-state index in [1.54, 1.807) is 20.3 Å². The van der Waals surface area contributed by atoms with E-state index in [-0.39, 0.29) is 15.8 Å². The number of benzene rings is 1. The van der Waals surface area contributed by atoms with Gasteiger partial charge in [0.25, 0.3) is 11.5 Å². The number of carbonyl (C=O) groups is 1. The van der Waals surface area contributed by atoms with Gasteiger partial charge in [0.05, 0.1) is 14.2 Å². The van der Waals surface area contributed by atoms with Crippen molar-refractivity contribution in [2.45, 2.75) is 6.42 Å². The molecule has 1 amide bonds. The smallest absolute Gasteiger partial charge is 0.277 e. The third-order valence-corrected chi connectivity index (χ3v) is 4.37. The van der Waals surface area contributed by atoms with Gasteiger partial charge >= 0.3 is 0 Å². The highest BCUT2D eigenvalue weighted by Gasteiger charge is 2.15. The predicted molar refractivity (Wildman–Crippen MR) is 85.5 cm³/mol. The van der Waals surface area contributed by atoms with E-state index in [2.05, 4.69) is 9.69 Å². The van der Waals surface area contributed by atoms with Gasteiger partial charge in [-0.2, -0.15) is 0 Å². The Morgan fingerprint density at radius 1 is 1.36 bits per heavy atom. The molecule has 0 radical (unpaired) electrons. The molecule has 1 aromatic carbocycles. The molecule has 0 saturated heterocycles. The first-order valence-corrected chi connectivity index (χ1v) is 7.62. The summed E-state index contributed by atoms with van der Waals surface area (Å²) in [6, 6.07) is 5.47. The SMILES string of the molecule is COc1ccc(OC)c(CCNC(=O)c2s[nH]c(=O)c2Cl)c1. The summed E-state index contributed by atoms with van der Waals surface area (Å²) in [5.74, 6) is 1.06. The average Bonchev–Trinajstić information content (AvgIpc) is 2.86. The van der Waals surface area contributed by atoms with Crippen molar-refractivity contribution in [3.8, 4) is 11.5 Å². The lowest BCUT2D eigenvalue weighted by Gasteiger charge is -2.10. The minimum absolute atomic E-state index is 0.0820. The molecule has 0 bridgehead atoms. The molecule has 0 saturated carbocycles. The lowest BCUT2D eigenvalue weighted by atomic mass is 10.1. The van der Waals surface area contributed by atoms with Gasteiger partial charge in [0.2, 0.25) is 0 Å². The van der Waals surface area contributed by atoms with Crippen LogP contribution in [0.2, 0.25) is 5.02 Å². The summed E-state index contributed by atoms with van der Waals surface area (Å²) in [6.07, 6.45) is 0.559. The molecule has 0 unspecified atom stereocenters. The van der Waals surface area contributed by atoms with E-state index >= 15 is 0 Å². The number of carbonyl (C=O) groups excluding carboxylic acids is 1. The van der Waals surface area contributed by atoms with Gasteiger partial charge in [-0.15, -0.1) is 0 Å². The van der Waals surface area contributed by atoms with Gasteiger partial charge in [-0.3, -0.25) is 14.0 Å². The van der Waals surface area contributed by atoms with Crippen LogP contribution in [0.3, 0.4) is 0 Å². The molecule has 2 N–H and O–H groups in total. The molecule has 0 aliphatic rings. The van der Waals surface area contributed by atoms with Gasteiger partial charge in [-0.1, -0.05) is 23.1 Å². The number of methoxy groups -OCH3 is 2. The van der Waals surface area contributed by atoms with Crippen LogP contribution in [0.5, 0.6) is 11.5 Å². The second-order valence-corrected chi connectivity index (χ2v) is 5.55. The van der Waals surface area contributed by atoms with Crippen LogP contribution >= 0.6 is 23.1 Å². The van der Waals surface area contributed by atoms with Crippen molar-refractivity contribution in [3.63, 3.8) is 0 Å². The predicted octanol–water partition coefficient (Wildman–Crippen LogP) is 2.08. The highest BCUT2D eigenvalue weighted by Crippen LogP contribution is 2.24. The largest absolute Gasteiger partial charge is 0.497 e. The zero-order valence-corrected chi connectivity index (χ0v) is 13.6. The Morgan fingerprint density at radius 3 is 2.73 bits per heavy atom. The second kappa shape index (κ2) is 7.33. The Morgan fingerprint density at radius 2 is 2.14 bits per heavy atom. The first-order valence-electron chi connectivity index (χ1n) is 6.43. The molecule has 118 valence electrons. The molecular formula is C14H15ClN2O4S. The summed E-state index contributed by atoms with van der Waals surface area (Å²) >= 11 is 6.67. The molecule has 0 atom stereocenters. The summed E-state index contributed by atoms with van der Waals surface area (Å²) < 4.78 is 12.9. The molecule has 1 heterocycles. The summed E-state index contributed by atoms with van der Waals surface area (Å²) in [5.41, 5.74) is 0.460. The fourth-order valence-electron chi connectivity index (χ4n) is 1.90. The summed E-state index contributed by atoms with van der Waals surface area (Å²) in [4.78, 5) is 23.3. The molecule has 22 heavy (non-hydrogen) atoms. The maximum atomic E-state index is 11.9. The Bertz CT molecular complexity index is 726. The van der Waals surface area contributed by atoms with Crippen LogP contribution in [0.1, 0.15) is 15.2 Å². The van der Waals surface area contributed by atoms with Crippen molar-refractivity contribution >= 4 is 29.0 Å². The van der Waals surface area contributed by atoms with Crippen molar-refractivity contribution < 1.29 is 14.3 Å². The number of ether oxygens (including phenoxy) is 2. The molecule has 8 heteroatoms. The highest BCUT2D eigenvalue weighted by atomic mass is 35.5. The van der Waals surface area contributed by atoms with Crippen LogP contribution in [0, 0.1) is 0 Å². The number of amides is 1. The lowest BCUT2D eigenvalue weighted by molar-refractivity contribution is 0.0958. The standard InChI is InChI=1S/C14H15ClN2O4S/c1-20-9-3-4-10(21-2)8(7-9)5-6-16-14(19)12-11(15)13(18)17-22-12/h3-4,7H,5-6H2,1-2H3,(H,16,19)(H,17,18). The first kappa shape index (κ1) is 16.4. The highest BCUT2D eigenvalue weighted by molar-refractivity contribution is 7.08. The number of halogens is 1. The summed E-state index contributed by atoms with van der Waals surface area (Å²) in [7, 11) is 3.17. The number of aromatic nitrogens is 1. The maximum absolute atomic E-state index is 11.9. The maximum Gasteiger partial charge on any atom is 0.277 e. The van der Waals surface area contributed by atoms with Gasteiger partial charge in [-0.05, 0) is 30.2 Å². The Kier molecular flexibility index (Phi) is 5.46. The van der Waals surface area contributed by atoms with E-state index in [9.17, 15) is 9.59 Å². The van der Waals surface area contributed by atoms with Crippen LogP contribution in [-0.2, 0) is 6.42 Å². The van der Waals surface area contributed by atoms with Gasteiger partial charge in [0, 0.05) is 6.54 Å². The fraction of sp³-hybridized carbons (Fsp3) is 0.286. The molecule has 2 aromatic rings. The quantitative estimate of drug-likeness (QED) is 0.842. The Labute approximate surface area is 136 Å². The number of H-pyrrole nitrogens is 1. The summed E-state index contributed by atoms with van der Waals surface area (Å²) in [6.45, 7) is 0.380. The van der Waals surface area contributed by atoms with Crippen molar-refractivity contribution in [1.29, 1.82) is 0 Å². The van der Waals surface area contributed by atoms with Crippen molar-refractivity contribution in [2.75, 3.05) is 20.8 Å². The first-order chi connectivity index (χ1) is 10.6. The van der Waals surface area contributed by atoms with Crippen molar-refractivity contribution in [1.82, 2.24) is 9.69 Å². The molecular weight excluding hydrogens is 328 g/mol. The number of hydrogen-bond donors (Lipinski definition) is 2. The zero-order valence-electron chi connectivity index (χ0n) is 12.1. The Balaban J connectivity index is 2.00. The van der Waals surface area contributed by atoms with Crippen LogP contribution in [-0.4, -0.2) is 31.0 Å². The van der Waals surface area contributed by atoms with Crippen LogP contribution in [0.15, 0.2) is 23.0 Å². The monoisotopic (exact) mass is 342 g/mol. The summed E-state index contributed by atoms with van der Waals surface area (Å²) in [5, 5.41) is 2.64. The van der Waals surface area contributed by atoms with Crippen LogP contribution in [0.4, 0.5) is 0 Å². The lowest BCUT2D eigenvalue weighted by Crippen LogP contribution is -2.25. The van der Waals surface area contributed by atoms with E-state index in [4.69, 9.17) is 21.1 Å². The average molecular weight is 343 g/mol. The minimum atomic E-state index is -0.453. The topological polar surface area (TPSA) is 80.4 Å². The molecule has 0 aliphatic heterocycles. The van der Waals surface area contributed by atoms with E-state index in [0.29, 0.717) is 18.7 Å². The van der Waals surface area contributed by atoms with Crippen LogP contribution < -0.4 is 20.3 Å². The molecule has 0 aliphatic carbocycles. The number of aromatic amines is 1. The number of nitrogens with one attached hydrogen (secondary N) is 2. The van der Waals surface area contributed by atoms with E-state index < -0.39 is 5.56 Å². The van der Waals surface area contributed by atoms with E-state index in [1.807, 2.05) is 12.1 Å². The Hall–Kier alpha value is -1.99. The third-order valence-electron chi connectivity index (χ3n) is 3.02. The van der Waals surface area contributed by atoms with E-state index in [1.165, 1.54) is 0 Å². The van der Waals surface area contributed by atoms with Gasteiger partial charge in [0.15, 0.2) is 0 Å². The molecule has 0 fully saturated rings. The van der Waals surface area contributed by atoms with Gasteiger partial charge in [-0.25, -0.2) is 0 Å². The number of hydrogen-bond acceptors (Lipinski definition) is 5. The van der Waals surface area contributed by atoms with Crippen LogP contribution in [0.25, 0.3) is 0 Å². The number of rotatable bonds is 6. The normalized spacial score (nSPS) is 10.3. The van der Waals surface area contributed by atoms with Crippen molar-refractivity contribution in [2.24, 2.45) is 0 Å². The molecule has 1 aromatic heterocycles. The molecule has 6 nitrogen and oxygen atoms in total. The zero-order chi connectivity index (χ0) is 16.1.